The van der Waals surface area contributed by atoms with Gasteiger partial charge < -0.3 is 10.6 Å². The number of anilines is 2. The first kappa shape index (κ1) is 19.6. The van der Waals surface area contributed by atoms with Crippen molar-refractivity contribution in [1.82, 2.24) is 10.3 Å². The van der Waals surface area contributed by atoms with Crippen LogP contribution in [0.25, 0.3) is 0 Å². The number of thiazole rings is 1. The predicted molar refractivity (Wildman–Crippen MR) is 113 cm³/mol. The second kappa shape index (κ2) is 8.67. The number of amides is 2. The third-order valence-corrected chi connectivity index (χ3v) is 5.37. The molecule has 0 atom stereocenters. The maximum Gasteiger partial charge on any atom is 0.263 e. The van der Waals surface area contributed by atoms with E-state index >= 15 is 0 Å². The number of aromatic nitrogens is 1. The summed E-state index contributed by atoms with van der Waals surface area (Å²) in [7, 11) is 1.56. The molecule has 0 aliphatic heterocycles. The van der Waals surface area contributed by atoms with Crippen molar-refractivity contribution < 1.29 is 9.59 Å². The number of hydrogen-bond acceptors (Lipinski definition) is 5. The van der Waals surface area contributed by atoms with E-state index < -0.39 is 0 Å². The molecule has 0 saturated heterocycles. The molecule has 2 aromatic carbocycles. The second-order valence-corrected chi connectivity index (χ2v) is 7.33. The number of rotatable bonds is 6. The molecule has 6 nitrogen and oxygen atoms in total. The Morgan fingerprint density at radius 1 is 1.00 bits per heavy atom. The minimum atomic E-state index is -0.254. The molecule has 3 N–H and O–H groups in total. The van der Waals surface area contributed by atoms with E-state index in [0.29, 0.717) is 27.8 Å². The van der Waals surface area contributed by atoms with Crippen LogP contribution in [0.2, 0.25) is 0 Å². The summed E-state index contributed by atoms with van der Waals surface area (Å²) in [6.07, 6.45) is 0. The number of nitrogens with zero attached hydrogens (tertiary/aromatic N) is 1. The standard InChI is InChI=1S/C21H22N4O2S/c1-13-6-4-5-7-17(13)23-12-15-8-10-16(11-9-15)19(26)25-21-24-14(2)18(28-21)20(27)22-3/h4-11,23H,12H2,1-3H3,(H,22,27)(H,24,25,26). The van der Waals surface area contributed by atoms with Gasteiger partial charge in [-0.15, -0.1) is 0 Å². The highest BCUT2D eigenvalue weighted by Crippen LogP contribution is 2.23. The number of nitrogens with one attached hydrogen (secondary N) is 3. The second-order valence-electron chi connectivity index (χ2n) is 6.33. The van der Waals surface area contributed by atoms with Gasteiger partial charge in [0.2, 0.25) is 0 Å². The Morgan fingerprint density at radius 2 is 1.71 bits per heavy atom. The minimum absolute atomic E-state index is 0.207. The van der Waals surface area contributed by atoms with E-state index in [0.717, 1.165) is 22.6 Å². The monoisotopic (exact) mass is 394 g/mol. The maximum absolute atomic E-state index is 12.4. The summed E-state index contributed by atoms with van der Waals surface area (Å²) in [5, 5.41) is 9.13. The first-order chi connectivity index (χ1) is 13.5. The third-order valence-electron chi connectivity index (χ3n) is 4.29. The lowest BCUT2D eigenvalue weighted by Gasteiger charge is -2.09. The average Bonchev–Trinajstić information content (AvgIpc) is 3.07. The molecule has 1 aromatic heterocycles. The molecule has 0 saturated carbocycles. The summed E-state index contributed by atoms with van der Waals surface area (Å²) in [5.74, 6) is -0.461. The van der Waals surface area contributed by atoms with Crippen LogP contribution in [0.1, 0.15) is 36.9 Å². The van der Waals surface area contributed by atoms with E-state index in [1.165, 1.54) is 5.56 Å². The van der Waals surface area contributed by atoms with Crippen LogP contribution in [0.5, 0.6) is 0 Å². The molecule has 0 fully saturated rings. The largest absolute Gasteiger partial charge is 0.381 e. The molecule has 3 rings (SSSR count). The van der Waals surface area contributed by atoms with Crippen molar-refractivity contribution in [2.75, 3.05) is 17.7 Å². The van der Waals surface area contributed by atoms with Gasteiger partial charge in [0, 0.05) is 24.8 Å². The first-order valence-corrected chi connectivity index (χ1v) is 9.69. The molecular weight excluding hydrogens is 372 g/mol. The summed E-state index contributed by atoms with van der Waals surface area (Å²) in [4.78, 5) is 29.0. The zero-order valence-electron chi connectivity index (χ0n) is 16.0. The van der Waals surface area contributed by atoms with Crippen molar-refractivity contribution in [3.8, 4) is 0 Å². The van der Waals surface area contributed by atoms with Gasteiger partial charge in [0.25, 0.3) is 11.8 Å². The zero-order valence-corrected chi connectivity index (χ0v) is 16.8. The Morgan fingerprint density at radius 3 is 2.39 bits per heavy atom. The summed E-state index contributed by atoms with van der Waals surface area (Å²) in [6.45, 7) is 4.48. The Kier molecular flexibility index (Phi) is 6.06. The van der Waals surface area contributed by atoms with Gasteiger partial charge in [0.15, 0.2) is 5.13 Å². The van der Waals surface area contributed by atoms with Crippen LogP contribution in [-0.4, -0.2) is 23.8 Å². The lowest BCUT2D eigenvalue weighted by molar-refractivity contribution is 0.0965. The van der Waals surface area contributed by atoms with Crippen LogP contribution in [0.3, 0.4) is 0 Å². The van der Waals surface area contributed by atoms with Crippen LogP contribution < -0.4 is 16.0 Å². The molecule has 0 aliphatic rings. The predicted octanol–water partition coefficient (Wildman–Crippen LogP) is 3.98. The van der Waals surface area contributed by atoms with E-state index in [1.807, 2.05) is 30.3 Å². The van der Waals surface area contributed by atoms with Crippen molar-refractivity contribution >= 4 is 34.0 Å². The number of carbonyl (C=O) groups excluding carboxylic acids is 2. The van der Waals surface area contributed by atoms with E-state index in [-0.39, 0.29) is 11.8 Å². The molecule has 0 bridgehead atoms. The van der Waals surface area contributed by atoms with Crippen molar-refractivity contribution in [2.24, 2.45) is 0 Å². The van der Waals surface area contributed by atoms with E-state index in [9.17, 15) is 9.59 Å². The van der Waals surface area contributed by atoms with Gasteiger partial charge in [0.1, 0.15) is 4.88 Å². The molecular formula is C21H22N4O2S. The van der Waals surface area contributed by atoms with Crippen LogP contribution >= 0.6 is 11.3 Å². The van der Waals surface area contributed by atoms with Crippen LogP contribution in [0, 0.1) is 13.8 Å². The van der Waals surface area contributed by atoms with E-state index in [2.05, 4.69) is 33.9 Å². The summed E-state index contributed by atoms with van der Waals surface area (Å²) < 4.78 is 0. The van der Waals surface area contributed by atoms with Gasteiger partial charge in [0.05, 0.1) is 5.69 Å². The number of carbonyl (C=O) groups is 2. The quantitative estimate of drug-likeness (QED) is 0.590. The van der Waals surface area contributed by atoms with Crippen LogP contribution in [0.4, 0.5) is 10.8 Å². The lowest BCUT2D eigenvalue weighted by Crippen LogP contribution is -2.17. The molecule has 3 aromatic rings. The lowest BCUT2D eigenvalue weighted by atomic mass is 10.1. The first-order valence-electron chi connectivity index (χ1n) is 8.87. The molecule has 0 aliphatic carbocycles. The summed E-state index contributed by atoms with van der Waals surface area (Å²) in [6, 6.07) is 15.5. The Hall–Kier alpha value is -3.19. The van der Waals surface area contributed by atoms with Crippen molar-refractivity contribution in [3.05, 3.63) is 75.8 Å². The third kappa shape index (κ3) is 4.55. The van der Waals surface area contributed by atoms with Crippen molar-refractivity contribution in [2.45, 2.75) is 20.4 Å². The van der Waals surface area contributed by atoms with Gasteiger partial charge in [-0.05, 0) is 43.2 Å². The Labute approximate surface area is 168 Å². The molecule has 2 amide bonds. The highest BCUT2D eigenvalue weighted by molar-refractivity contribution is 7.17. The highest BCUT2D eigenvalue weighted by atomic mass is 32.1. The molecule has 0 unspecified atom stereocenters. The highest BCUT2D eigenvalue weighted by Gasteiger charge is 2.16. The normalized spacial score (nSPS) is 10.4. The zero-order chi connectivity index (χ0) is 20.1. The van der Waals surface area contributed by atoms with Gasteiger partial charge in [-0.1, -0.05) is 41.7 Å². The smallest absolute Gasteiger partial charge is 0.263 e. The molecule has 0 spiro atoms. The van der Waals surface area contributed by atoms with Crippen LogP contribution in [0.15, 0.2) is 48.5 Å². The minimum Gasteiger partial charge on any atom is -0.381 e. The van der Waals surface area contributed by atoms with E-state index in [1.54, 1.807) is 26.1 Å². The number of hydrogen-bond donors (Lipinski definition) is 3. The van der Waals surface area contributed by atoms with Gasteiger partial charge >= 0.3 is 0 Å². The fourth-order valence-corrected chi connectivity index (χ4v) is 3.59. The van der Waals surface area contributed by atoms with Gasteiger partial charge in [-0.25, -0.2) is 4.98 Å². The molecule has 28 heavy (non-hydrogen) atoms. The average molecular weight is 395 g/mol. The number of benzene rings is 2. The van der Waals surface area contributed by atoms with E-state index in [4.69, 9.17) is 0 Å². The SMILES string of the molecule is CNC(=O)c1sc(NC(=O)c2ccc(CNc3ccccc3C)cc2)nc1C. The van der Waals surface area contributed by atoms with Gasteiger partial charge in [-0.3, -0.25) is 14.9 Å². The summed E-state index contributed by atoms with van der Waals surface area (Å²) >= 11 is 1.16. The Balaban J connectivity index is 1.62. The van der Waals surface area contributed by atoms with Crippen molar-refractivity contribution in [3.63, 3.8) is 0 Å². The molecule has 144 valence electrons. The van der Waals surface area contributed by atoms with Crippen molar-refractivity contribution in [1.29, 1.82) is 0 Å². The van der Waals surface area contributed by atoms with Gasteiger partial charge in [-0.2, -0.15) is 0 Å². The molecule has 7 heteroatoms. The summed E-state index contributed by atoms with van der Waals surface area (Å²) in [5.41, 5.74) is 4.49. The Bertz CT molecular complexity index is 996. The topological polar surface area (TPSA) is 83.1 Å². The molecule has 1 heterocycles. The number of para-hydroxylation sites is 1. The molecule has 0 radical (unpaired) electrons. The van der Waals surface area contributed by atoms with Crippen LogP contribution in [-0.2, 0) is 6.54 Å². The fourth-order valence-electron chi connectivity index (χ4n) is 2.69. The number of aryl methyl sites for hydroxylation is 2. The fraction of sp³-hybridized carbons (Fsp3) is 0.190. The maximum atomic E-state index is 12.4.